The summed E-state index contributed by atoms with van der Waals surface area (Å²) in [5.41, 5.74) is 1.66. The minimum atomic E-state index is -3.50. The van der Waals surface area contributed by atoms with Crippen LogP contribution in [0.2, 0.25) is 5.02 Å². The number of hydrogen-bond acceptors (Lipinski definition) is 6. The van der Waals surface area contributed by atoms with Gasteiger partial charge in [0.1, 0.15) is 10.8 Å². The molecule has 10 heteroatoms. The molecule has 1 aromatic heterocycles. The predicted octanol–water partition coefficient (Wildman–Crippen LogP) is 5.22. The Hall–Kier alpha value is -3.14. The fourth-order valence-corrected chi connectivity index (χ4v) is 5.07. The van der Waals surface area contributed by atoms with E-state index in [1.54, 1.807) is 36.4 Å². The average Bonchev–Trinajstić information content (AvgIpc) is 3.23. The summed E-state index contributed by atoms with van der Waals surface area (Å²) in [5, 5.41) is 12.0. The van der Waals surface area contributed by atoms with Gasteiger partial charge in [-0.15, -0.1) is 10.2 Å². The maximum atomic E-state index is 13.0. The highest BCUT2D eigenvalue weighted by Crippen LogP contribution is 2.28. The Kier molecular flexibility index (Phi) is 6.31. The van der Waals surface area contributed by atoms with Crippen molar-refractivity contribution in [3.8, 4) is 10.6 Å². The molecule has 0 aliphatic carbocycles. The normalized spacial score (nSPS) is 11.3. The van der Waals surface area contributed by atoms with Crippen LogP contribution in [0.3, 0.4) is 0 Å². The number of benzene rings is 3. The largest absolute Gasteiger partial charge is 0.296 e. The van der Waals surface area contributed by atoms with Gasteiger partial charge in [0, 0.05) is 16.1 Å². The van der Waals surface area contributed by atoms with E-state index in [2.05, 4.69) is 15.5 Å². The van der Waals surface area contributed by atoms with Crippen molar-refractivity contribution in [1.82, 2.24) is 10.2 Å². The van der Waals surface area contributed by atoms with Crippen molar-refractivity contribution in [1.29, 1.82) is 0 Å². The lowest BCUT2D eigenvalue weighted by Gasteiger charge is -2.05. The van der Waals surface area contributed by atoms with Crippen LogP contribution in [-0.4, -0.2) is 24.5 Å². The summed E-state index contributed by atoms with van der Waals surface area (Å²) in [6.45, 7) is 0. The van der Waals surface area contributed by atoms with Gasteiger partial charge in [-0.05, 0) is 54.1 Å². The van der Waals surface area contributed by atoms with Gasteiger partial charge in [-0.3, -0.25) is 10.1 Å². The molecule has 32 heavy (non-hydrogen) atoms. The van der Waals surface area contributed by atoms with Crippen molar-refractivity contribution in [2.24, 2.45) is 0 Å². The number of sulfone groups is 1. The fraction of sp³-hybridized carbons (Fsp3) is 0.0455. The van der Waals surface area contributed by atoms with E-state index in [0.29, 0.717) is 26.3 Å². The van der Waals surface area contributed by atoms with E-state index >= 15 is 0 Å². The van der Waals surface area contributed by atoms with E-state index in [1.807, 2.05) is 0 Å². The molecule has 162 valence electrons. The van der Waals surface area contributed by atoms with E-state index in [1.165, 1.54) is 47.7 Å². The van der Waals surface area contributed by atoms with Crippen LogP contribution in [-0.2, 0) is 15.6 Å². The Labute approximate surface area is 192 Å². The second kappa shape index (κ2) is 9.15. The summed E-state index contributed by atoms with van der Waals surface area (Å²) in [7, 11) is -3.50. The second-order valence-corrected chi connectivity index (χ2v) is 10.2. The summed E-state index contributed by atoms with van der Waals surface area (Å²) >= 11 is 6.99. The third-order valence-electron chi connectivity index (χ3n) is 4.48. The Balaban J connectivity index is 1.44. The van der Waals surface area contributed by atoms with E-state index in [4.69, 9.17) is 11.6 Å². The number of amides is 1. The number of rotatable bonds is 6. The Morgan fingerprint density at radius 2 is 1.59 bits per heavy atom. The lowest BCUT2D eigenvalue weighted by atomic mass is 10.2. The maximum Gasteiger partial charge on any atom is 0.257 e. The molecule has 3 aromatic carbocycles. The number of halogens is 2. The number of nitrogens with one attached hydrogen (secondary N) is 1. The van der Waals surface area contributed by atoms with Crippen molar-refractivity contribution >= 4 is 43.8 Å². The van der Waals surface area contributed by atoms with Crippen molar-refractivity contribution in [3.05, 3.63) is 94.8 Å². The highest BCUT2D eigenvalue weighted by molar-refractivity contribution is 7.90. The predicted molar refractivity (Wildman–Crippen MR) is 122 cm³/mol. The van der Waals surface area contributed by atoms with Gasteiger partial charge in [-0.2, -0.15) is 0 Å². The average molecular weight is 488 g/mol. The molecule has 1 amide bonds. The number of anilines is 1. The van der Waals surface area contributed by atoms with Gasteiger partial charge in [0.05, 0.1) is 10.6 Å². The molecule has 0 saturated heterocycles. The number of hydrogen-bond donors (Lipinski definition) is 1. The number of aromatic nitrogens is 2. The Bertz CT molecular complexity index is 1360. The summed E-state index contributed by atoms with van der Waals surface area (Å²) < 4.78 is 38.2. The van der Waals surface area contributed by atoms with Gasteiger partial charge in [0.2, 0.25) is 5.13 Å². The molecule has 0 spiro atoms. The standard InChI is InChI=1S/C22H15ClFN3O3S2/c23-17-7-11-19(12-8-17)32(29,30)13-14-1-3-16(4-2-14)21-26-27-22(31-21)25-20(28)15-5-9-18(24)10-6-15/h1-12H,13H2,(H,25,27,28). The topological polar surface area (TPSA) is 89.0 Å². The molecule has 0 radical (unpaired) electrons. The van der Waals surface area contributed by atoms with Gasteiger partial charge in [-0.1, -0.05) is 47.2 Å². The molecule has 0 aliphatic heterocycles. The SMILES string of the molecule is O=C(Nc1nnc(-c2ccc(CS(=O)(=O)c3ccc(Cl)cc3)cc2)s1)c1ccc(F)cc1. The molecule has 0 aliphatic rings. The first-order valence-electron chi connectivity index (χ1n) is 9.28. The molecule has 4 aromatic rings. The van der Waals surface area contributed by atoms with Crippen LogP contribution in [0.4, 0.5) is 9.52 Å². The zero-order chi connectivity index (χ0) is 22.7. The molecule has 1 N–H and O–H groups in total. The quantitative estimate of drug-likeness (QED) is 0.402. The van der Waals surface area contributed by atoms with Crippen LogP contribution in [0, 0.1) is 5.82 Å². The lowest BCUT2D eigenvalue weighted by Crippen LogP contribution is -2.11. The summed E-state index contributed by atoms with van der Waals surface area (Å²) in [5.74, 6) is -0.996. The third kappa shape index (κ3) is 5.18. The van der Waals surface area contributed by atoms with Crippen LogP contribution in [0.25, 0.3) is 10.6 Å². The summed E-state index contributed by atoms with van der Waals surface area (Å²) in [4.78, 5) is 12.4. The van der Waals surface area contributed by atoms with Crippen LogP contribution in [0.5, 0.6) is 0 Å². The summed E-state index contributed by atoms with van der Waals surface area (Å²) in [6, 6.07) is 18.1. The molecule has 0 atom stereocenters. The molecular formula is C22H15ClFN3O3S2. The molecule has 0 unspecified atom stereocenters. The maximum absolute atomic E-state index is 13.0. The molecule has 0 bridgehead atoms. The van der Waals surface area contributed by atoms with Crippen LogP contribution >= 0.6 is 22.9 Å². The van der Waals surface area contributed by atoms with Gasteiger partial charge in [0.15, 0.2) is 9.84 Å². The van der Waals surface area contributed by atoms with E-state index in [-0.39, 0.29) is 10.6 Å². The van der Waals surface area contributed by atoms with Crippen LogP contribution in [0.15, 0.2) is 77.7 Å². The van der Waals surface area contributed by atoms with Gasteiger partial charge >= 0.3 is 0 Å². The van der Waals surface area contributed by atoms with Gasteiger partial charge in [-0.25, -0.2) is 12.8 Å². The molecule has 0 saturated carbocycles. The smallest absolute Gasteiger partial charge is 0.257 e. The van der Waals surface area contributed by atoms with Gasteiger partial charge < -0.3 is 0 Å². The highest BCUT2D eigenvalue weighted by Gasteiger charge is 2.16. The molecule has 4 rings (SSSR count). The van der Waals surface area contributed by atoms with Crippen molar-refractivity contribution < 1.29 is 17.6 Å². The lowest BCUT2D eigenvalue weighted by molar-refractivity contribution is 0.102. The van der Waals surface area contributed by atoms with Gasteiger partial charge in [0.25, 0.3) is 5.91 Å². The Morgan fingerprint density at radius 1 is 0.938 bits per heavy atom. The minimum absolute atomic E-state index is 0.149. The molecule has 1 heterocycles. The van der Waals surface area contributed by atoms with Crippen molar-refractivity contribution in [2.45, 2.75) is 10.6 Å². The number of carbonyl (C=O) groups excluding carboxylic acids is 1. The zero-order valence-electron chi connectivity index (χ0n) is 16.3. The van der Waals surface area contributed by atoms with E-state index in [9.17, 15) is 17.6 Å². The highest BCUT2D eigenvalue weighted by atomic mass is 35.5. The zero-order valence-corrected chi connectivity index (χ0v) is 18.7. The second-order valence-electron chi connectivity index (χ2n) is 6.78. The first kappa shape index (κ1) is 22.1. The minimum Gasteiger partial charge on any atom is -0.296 e. The molecule has 0 fully saturated rings. The monoisotopic (exact) mass is 487 g/mol. The van der Waals surface area contributed by atoms with E-state index < -0.39 is 21.6 Å². The third-order valence-corrected chi connectivity index (χ3v) is 7.33. The van der Waals surface area contributed by atoms with Crippen LogP contribution < -0.4 is 5.32 Å². The van der Waals surface area contributed by atoms with Crippen LogP contribution in [0.1, 0.15) is 15.9 Å². The molecular weight excluding hydrogens is 473 g/mol. The number of nitrogens with zero attached hydrogens (tertiary/aromatic N) is 2. The van der Waals surface area contributed by atoms with Crippen molar-refractivity contribution in [3.63, 3.8) is 0 Å². The Morgan fingerprint density at radius 3 is 2.25 bits per heavy atom. The molecule has 6 nitrogen and oxygen atoms in total. The number of carbonyl (C=O) groups is 1. The van der Waals surface area contributed by atoms with E-state index in [0.717, 1.165) is 5.56 Å². The first-order chi connectivity index (χ1) is 15.3. The summed E-state index contributed by atoms with van der Waals surface area (Å²) in [6.07, 6.45) is 0. The fourth-order valence-electron chi connectivity index (χ4n) is 2.85. The van der Waals surface area contributed by atoms with Crippen molar-refractivity contribution in [2.75, 3.05) is 5.32 Å². The first-order valence-corrected chi connectivity index (χ1v) is 12.1.